The lowest BCUT2D eigenvalue weighted by atomic mass is 9.98. The van der Waals surface area contributed by atoms with E-state index in [1.54, 1.807) is 13.3 Å². The number of anilines is 1. The number of hydrogen-bond donors (Lipinski definition) is 1. The van der Waals surface area contributed by atoms with Gasteiger partial charge in [-0.15, -0.1) is 0 Å². The first-order valence-electron chi connectivity index (χ1n) is 5.40. The second kappa shape index (κ2) is 3.72. The van der Waals surface area contributed by atoms with Crippen molar-refractivity contribution < 1.29 is 4.74 Å². The van der Waals surface area contributed by atoms with Crippen LogP contribution < -0.4 is 10.1 Å². The van der Waals surface area contributed by atoms with E-state index in [0.717, 1.165) is 11.6 Å². The van der Waals surface area contributed by atoms with E-state index >= 15 is 0 Å². The topological polar surface area (TPSA) is 34.1 Å². The number of rotatable bonds is 4. The molecule has 15 heavy (non-hydrogen) atoms. The highest BCUT2D eigenvalue weighted by Gasteiger charge is 2.37. The molecule has 82 valence electrons. The average Bonchev–Trinajstić information content (AvgIpc) is 3.00. The van der Waals surface area contributed by atoms with Crippen LogP contribution in [0.2, 0.25) is 0 Å². The van der Waals surface area contributed by atoms with Crippen LogP contribution in [0.15, 0.2) is 18.3 Å². The Kier molecular flexibility index (Phi) is 2.55. The Bertz CT molecular complexity index is 345. The Morgan fingerprint density at radius 3 is 2.80 bits per heavy atom. The van der Waals surface area contributed by atoms with E-state index in [1.165, 1.54) is 12.8 Å². The summed E-state index contributed by atoms with van der Waals surface area (Å²) < 4.78 is 5.09. The van der Waals surface area contributed by atoms with Gasteiger partial charge in [-0.25, -0.2) is 4.98 Å². The lowest BCUT2D eigenvalue weighted by Gasteiger charge is -2.27. The van der Waals surface area contributed by atoms with E-state index in [9.17, 15) is 0 Å². The molecule has 0 unspecified atom stereocenters. The number of aromatic nitrogens is 1. The van der Waals surface area contributed by atoms with Crippen molar-refractivity contribution in [3.63, 3.8) is 0 Å². The van der Waals surface area contributed by atoms with Gasteiger partial charge < -0.3 is 10.1 Å². The first-order chi connectivity index (χ1) is 7.12. The molecule has 1 fully saturated rings. The van der Waals surface area contributed by atoms with Crippen molar-refractivity contribution in [3.8, 4) is 5.88 Å². The minimum absolute atomic E-state index is 0.173. The van der Waals surface area contributed by atoms with Gasteiger partial charge in [0.1, 0.15) is 0 Å². The van der Waals surface area contributed by atoms with E-state index in [-0.39, 0.29) is 5.54 Å². The highest BCUT2D eigenvalue weighted by atomic mass is 16.5. The third-order valence-corrected chi connectivity index (χ3v) is 3.01. The molecule has 1 saturated carbocycles. The van der Waals surface area contributed by atoms with Crippen LogP contribution in [0.4, 0.5) is 5.69 Å². The van der Waals surface area contributed by atoms with Gasteiger partial charge in [-0.3, -0.25) is 0 Å². The van der Waals surface area contributed by atoms with Crippen molar-refractivity contribution in [1.82, 2.24) is 4.98 Å². The van der Waals surface area contributed by atoms with E-state index in [2.05, 4.69) is 24.1 Å². The highest BCUT2D eigenvalue weighted by molar-refractivity contribution is 5.47. The standard InChI is InChI=1S/C12H18N2O/c1-12(2,9-4-5-9)14-10-6-7-13-11(8-10)15-3/h6-9H,4-5H2,1-3H3,(H,13,14). The summed E-state index contributed by atoms with van der Waals surface area (Å²) in [6.07, 6.45) is 4.44. The highest BCUT2D eigenvalue weighted by Crippen LogP contribution is 2.41. The SMILES string of the molecule is COc1cc(NC(C)(C)C2CC2)ccn1. The maximum atomic E-state index is 5.09. The second-order valence-corrected chi connectivity index (χ2v) is 4.71. The third-order valence-electron chi connectivity index (χ3n) is 3.01. The summed E-state index contributed by atoms with van der Waals surface area (Å²) in [6.45, 7) is 4.50. The molecule has 1 aromatic heterocycles. The number of methoxy groups -OCH3 is 1. The van der Waals surface area contributed by atoms with Crippen LogP contribution in [0.3, 0.4) is 0 Å². The summed E-state index contributed by atoms with van der Waals surface area (Å²) in [6, 6.07) is 3.91. The maximum Gasteiger partial charge on any atom is 0.214 e. The van der Waals surface area contributed by atoms with Crippen molar-refractivity contribution in [2.75, 3.05) is 12.4 Å². The summed E-state index contributed by atoms with van der Waals surface area (Å²) in [5, 5.41) is 3.53. The van der Waals surface area contributed by atoms with Crippen LogP contribution in [0, 0.1) is 5.92 Å². The maximum absolute atomic E-state index is 5.09. The van der Waals surface area contributed by atoms with Gasteiger partial charge >= 0.3 is 0 Å². The van der Waals surface area contributed by atoms with Gasteiger partial charge in [-0.2, -0.15) is 0 Å². The van der Waals surface area contributed by atoms with Gasteiger partial charge in [-0.05, 0) is 38.7 Å². The lowest BCUT2D eigenvalue weighted by Crippen LogP contribution is -2.33. The summed E-state index contributed by atoms with van der Waals surface area (Å²) in [7, 11) is 1.64. The predicted octanol–water partition coefficient (Wildman–Crippen LogP) is 2.69. The van der Waals surface area contributed by atoms with Crippen molar-refractivity contribution in [1.29, 1.82) is 0 Å². The smallest absolute Gasteiger partial charge is 0.214 e. The molecule has 0 amide bonds. The van der Waals surface area contributed by atoms with Crippen molar-refractivity contribution >= 4 is 5.69 Å². The minimum atomic E-state index is 0.173. The van der Waals surface area contributed by atoms with E-state index in [4.69, 9.17) is 4.74 Å². The van der Waals surface area contributed by atoms with Gasteiger partial charge in [0, 0.05) is 23.5 Å². The number of hydrogen-bond acceptors (Lipinski definition) is 3. The van der Waals surface area contributed by atoms with Crippen LogP contribution in [-0.4, -0.2) is 17.6 Å². The quantitative estimate of drug-likeness (QED) is 0.822. The van der Waals surface area contributed by atoms with Crippen LogP contribution >= 0.6 is 0 Å². The molecule has 0 radical (unpaired) electrons. The molecule has 0 bridgehead atoms. The predicted molar refractivity (Wildman–Crippen MR) is 61.2 cm³/mol. The Hall–Kier alpha value is -1.25. The summed E-state index contributed by atoms with van der Waals surface area (Å²) in [5.74, 6) is 1.46. The van der Waals surface area contributed by atoms with E-state index < -0.39 is 0 Å². The van der Waals surface area contributed by atoms with Crippen LogP contribution in [0.25, 0.3) is 0 Å². The molecular weight excluding hydrogens is 188 g/mol. The lowest BCUT2D eigenvalue weighted by molar-refractivity contribution is 0.397. The molecule has 3 nitrogen and oxygen atoms in total. The average molecular weight is 206 g/mol. The number of ether oxygens (including phenoxy) is 1. The zero-order valence-electron chi connectivity index (χ0n) is 9.58. The van der Waals surface area contributed by atoms with Gasteiger partial charge in [0.05, 0.1) is 7.11 Å². The third kappa shape index (κ3) is 2.41. The molecular formula is C12H18N2O. The Labute approximate surface area is 90.9 Å². The number of pyridine rings is 1. The molecule has 3 heteroatoms. The fourth-order valence-corrected chi connectivity index (χ4v) is 1.88. The fraction of sp³-hybridized carbons (Fsp3) is 0.583. The van der Waals surface area contributed by atoms with E-state index in [1.807, 2.05) is 12.1 Å². The molecule has 0 spiro atoms. The Morgan fingerprint density at radius 2 is 2.20 bits per heavy atom. The minimum Gasteiger partial charge on any atom is -0.481 e. The molecule has 0 aromatic carbocycles. The second-order valence-electron chi connectivity index (χ2n) is 4.71. The molecule has 1 aliphatic carbocycles. The van der Waals surface area contributed by atoms with Gasteiger partial charge in [0.15, 0.2) is 0 Å². The molecule has 1 aromatic rings. The molecule has 0 atom stereocenters. The number of nitrogens with zero attached hydrogens (tertiary/aromatic N) is 1. The van der Waals surface area contributed by atoms with Crippen molar-refractivity contribution in [2.45, 2.75) is 32.2 Å². The number of nitrogens with one attached hydrogen (secondary N) is 1. The molecule has 1 heterocycles. The molecule has 0 saturated heterocycles. The van der Waals surface area contributed by atoms with Crippen LogP contribution in [0.1, 0.15) is 26.7 Å². The molecule has 0 aliphatic heterocycles. The first kappa shape index (κ1) is 10.3. The van der Waals surface area contributed by atoms with E-state index in [0.29, 0.717) is 5.88 Å². The largest absolute Gasteiger partial charge is 0.481 e. The fourth-order valence-electron chi connectivity index (χ4n) is 1.88. The Morgan fingerprint density at radius 1 is 1.47 bits per heavy atom. The Balaban J connectivity index is 2.09. The van der Waals surface area contributed by atoms with Crippen LogP contribution in [-0.2, 0) is 0 Å². The summed E-state index contributed by atoms with van der Waals surface area (Å²) in [4.78, 5) is 4.09. The zero-order chi connectivity index (χ0) is 10.9. The first-order valence-corrected chi connectivity index (χ1v) is 5.40. The summed E-state index contributed by atoms with van der Waals surface area (Å²) >= 11 is 0. The molecule has 1 aliphatic rings. The molecule has 1 N–H and O–H groups in total. The zero-order valence-corrected chi connectivity index (χ0v) is 9.58. The van der Waals surface area contributed by atoms with Crippen molar-refractivity contribution in [3.05, 3.63) is 18.3 Å². The van der Waals surface area contributed by atoms with Gasteiger partial charge in [-0.1, -0.05) is 0 Å². The van der Waals surface area contributed by atoms with Crippen LogP contribution in [0.5, 0.6) is 5.88 Å². The van der Waals surface area contributed by atoms with Crippen molar-refractivity contribution in [2.24, 2.45) is 5.92 Å². The normalized spacial score (nSPS) is 16.2. The molecule has 2 rings (SSSR count). The van der Waals surface area contributed by atoms with Gasteiger partial charge in [0.25, 0.3) is 0 Å². The van der Waals surface area contributed by atoms with Gasteiger partial charge in [0.2, 0.25) is 5.88 Å². The summed E-state index contributed by atoms with van der Waals surface area (Å²) in [5.41, 5.74) is 1.26. The monoisotopic (exact) mass is 206 g/mol.